The molecular formula is C6H15BrO3. The fraction of sp³-hybridized carbons (Fsp3) is 1.00. The van der Waals surface area contributed by atoms with Gasteiger partial charge in [-0.15, -0.1) is 0 Å². The Morgan fingerprint density at radius 2 is 1.80 bits per heavy atom. The van der Waals surface area contributed by atoms with Crippen LogP contribution >= 0.6 is 15.9 Å². The van der Waals surface area contributed by atoms with Gasteiger partial charge in [0.2, 0.25) is 0 Å². The smallest absolute Gasteiger partial charge is 0.0662 e. The van der Waals surface area contributed by atoms with Gasteiger partial charge in [-0.3, -0.25) is 0 Å². The second-order valence-electron chi connectivity index (χ2n) is 1.33. The molecule has 0 aromatic rings. The van der Waals surface area contributed by atoms with Gasteiger partial charge in [-0.25, -0.2) is 0 Å². The van der Waals surface area contributed by atoms with Gasteiger partial charge in [0.05, 0.1) is 19.8 Å². The summed E-state index contributed by atoms with van der Waals surface area (Å²) < 4.78 is 4.94. The van der Waals surface area contributed by atoms with Crippen LogP contribution in [0, 0.1) is 0 Å². The summed E-state index contributed by atoms with van der Waals surface area (Å²) in [5.41, 5.74) is 0. The lowest BCUT2D eigenvalue weighted by Gasteiger charge is -1.90. The van der Waals surface area contributed by atoms with Crippen molar-refractivity contribution in [3.05, 3.63) is 0 Å². The van der Waals surface area contributed by atoms with Gasteiger partial charge >= 0.3 is 0 Å². The largest absolute Gasteiger partial charge is 0.394 e. The average Bonchev–Trinajstić information content (AvgIpc) is 2.01. The third-order valence-electron chi connectivity index (χ3n) is 0.526. The van der Waals surface area contributed by atoms with E-state index in [0.717, 1.165) is 18.5 Å². The molecule has 0 saturated heterocycles. The molecule has 64 valence electrons. The highest BCUT2D eigenvalue weighted by Crippen LogP contribution is 1.78. The van der Waals surface area contributed by atoms with Crippen molar-refractivity contribution in [1.29, 1.82) is 0 Å². The SMILES string of the molecule is CCOCCBr.OCCO. The number of aliphatic hydroxyl groups excluding tert-OH is 2. The molecule has 0 atom stereocenters. The van der Waals surface area contributed by atoms with Crippen LogP contribution in [0.3, 0.4) is 0 Å². The van der Waals surface area contributed by atoms with E-state index in [-0.39, 0.29) is 13.2 Å². The fourth-order valence-electron chi connectivity index (χ4n) is 0.199. The summed E-state index contributed by atoms with van der Waals surface area (Å²) in [6.45, 7) is 3.39. The number of rotatable bonds is 4. The van der Waals surface area contributed by atoms with E-state index in [1.807, 2.05) is 6.92 Å². The lowest BCUT2D eigenvalue weighted by molar-refractivity contribution is 0.165. The molecule has 0 unspecified atom stereocenters. The maximum atomic E-state index is 7.62. The van der Waals surface area contributed by atoms with E-state index in [1.54, 1.807) is 0 Å². The zero-order valence-corrected chi connectivity index (χ0v) is 7.80. The molecule has 0 spiro atoms. The molecule has 0 fully saturated rings. The molecule has 4 heteroatoms. The molecule has 0 saturated carbocycles. The first-order valence-corrected chi connectivity index (χ1v) is 4.31. The van der Waals surface area contributed by atoms with E-state index in [1.165, 1.54) is 0 Å². The van der Waals surface area contributed by atoms with Crippen LogP contribution in [-0.4, -0.2) is 42.0 Å². The molecule has 0 aromatic heterocycles. The third kappa shape index (κ3) is 23.8. The van der Waals surface area contributed by atoms with Gasteiger partial charge < -0.3 is 14.9 Å². The Balaban J connectivity index is 0. The third-order valence-corrected chi connectivity index (χ3v) is 0.849. The van der Waals surface area contributed by atoms with Crippen molar-refractivity contribution < 1.29 is 14.9 Å². The molecular weight excluding hydrogens is 200 g/mol. The first-order chi connectivity index (χ1) is 4.83. The molecule has 2 N–H and O–H groups in total. The highest BCUT2D eigenvalue weighted by Gasteiger charge is 1.74. The molecule has 0 bridgehead atoms. The molecule has 0 amide bonds. The summed E-state index contributed by atoms with van der Waals surface area (Å²) >= 11 is 3.23. The Kier molecular flexibility index (Phi) is 21.0. The van der Waals surface area contributed by atoms with Gasteiger partial charge in [0.25, 0.3) is 0 Å². The summed E-state index contributed by atoms with van der Waals surface area (Å²) in [5.74, 6) is 0. The number of halogens is 1. The van der Waals surface area contributed by atoms with Crippen LogP contribution in [-0.2, 0) is 4.74 Å². The molecule has 0 radical (unpaired) electrons. The molecule has 0 aliphatic heterocycles. The monoisotopic (exact) mass is 214 g/mol. The van der Waals surface area contributed by atoms with Crippen molar-refractivity contribution in [3.8, 4) is 0 Å². The Labute approximate surface area is 70.1 Å². The molecule has 0 aliphatic carbocycles. The summed E-state index contributed by atoms with van der Waals surface area (Å²) in [7, 11) is 0. The Hall–Kier alpha value is 0.360. The van der Waals surface area contributed by atoms with Crippen molar-refractivity contribution in [3.63, 3.8) is 0 Å². The lowest BCUT2D eigenvalue weighted by atomic mass is 10.8. The quantitative estimate of drug-likeness (QED) is 0.526. The summed E-state index contributed by atoms with van der Waals surface area (Å²) in [6, 6.07) is 0. The second kappa shape index (κ2) is 16.2. The van der Waals surface area contributed by atoms with Crippen LogP contribution in [0.5, 0.6) is 0 Å². The van der Waals surface area contributed by atoms with E-state index in [2.05, 4.69) is 15.9 Å². The van der Waals surface area contributed by atoms with Gasteiger partial charge in [-0.1, -0.05) is 15.9 Å². The fourth-order valence-corrected chi connectivity index (χ4v) is 0.428. The van der Waals surface area contributed by atoms with Crippen molar-refractivity contribution in [1.82, 2.24) is 0 Å². The van der Waals surface area contributed by atoms with E-state index < -0.39 is 0 Å². The van der Waals surface area contributed by atoms with E-state index in [9.17, 15) is 0 Å². The topological polar surface area (TPSA) is 49.7 Å². The van der Waals surface area contributed by atoms with Crippen molar-refractivity contribution in [2.45, 2.75) is 6.92 Å². The average molecular weight is 215 g/mol. The minimum absolute atomic E-state index is 0.125. The van der Waals surface area contributed by atoms with Crippen molar-refractivity contribution in [2.75, 3.05) is 31.8 Å². The van der Waals surface area contributed by atoms with Crippen LogP contribution in [0.1, 0.15) is 6.92 Å². The molecule has 0 rings (SSSR count). The molecule has 0 heterocycles. The van der Waals surface area contributed by atoms with Gasteiger partial charge in [-0.05, 0) is 6.92 Å². The maximum absolute atomic E-state index is 7.62. The number of hydrogen-bond acceptors (Lipinski definition) is 3. The van der Waals surface area contributed by atoms with Crippen LogP contribution in [0.2, 0.25) is 0 Å². The van der Waals surface area contributed by atoms with Crippen LogP contribution in [0.4, 0.5) is 0 Å². The minimum Gasteiger partial charge on any atom is -0.394 e. The van der Waals surface area contributed by atoms with Gasteiger partial charge in [0, 0.05) is 11.9 Å². The second-order valence-corrected chi connectivity index (χ2v) is 2.13. The number of ether oxygens (including phenoxy) is 1. The number of hydrogen-bond donors (Lipinski definition) is 2. The Bertz CT molecular complexity index is 38.0. The number of alkyl halides is 1. The standard InChI is InChI=1S/C4H9BrO.C2H6O2/c1-2-6-4-3-5;3-1-2-4/h2-4H2,1H3;3-4H,1-2H2. The Morgan fingerprint density at radius 1 is 1.30 bits per heavy atom. The highest BCUT2D eigenvalue weighted by atomic mass is 79.9. The van der Waals surface area contributed by atoms with Gasteiger partial charge in [0.15, 0.2) is 0 Å². The molecule has 0 aromatic carbocycles. The highest BCUT2D eigenvalue weighted by molar-refractivity contribution is 9.09. The van der Waals surface area contributed by atoms with Gasteiger partial charge in [-0.2, -0.15) is 0 Å². The zero-order valence-electron chi connectivity index (χ0n) is 6.22. The predicted octanol–water partition coefficient (Wildman–Crippen LogP) is 0.389. The Morgan fingerprint density at radius 3 is 1.90 bits per heavy atom. The normalized spacial score (nSPS) is 8.40. The van der Waals surface area contributed by atoms with Crippen molar-refractivity contribution >= 4 is 15.9 Å². The minimum atomic E-state index is -0.125. The summed E-state index contributed by atoms with van der Waals surface area (Å²) in [6.07, 6.45) is 0. The van der Waals surface area contributed by atoms with Gasteiger partial charge in [0.1, 0.15) is 0 Å². The van der Waals surface area contributed by atoms with Crippen LogP contribution in [0.25, 0.3) is 0 Å². The molecule has 0 aliphatic rings. The van der Waals surface area contributed by atoms with Crippen LogP contribution in [0.15, 0.2) is 0 Å². The summed E-state index contributed by atoms with van der Waals surface area (Å²) in [4.78, 5) is 0. The summed E-state index contributed by atoms with van der Waals surface area (Å²) in [5, 5.41) is 16.2. The number of aliphatic hydroxyl groups is 2. The van der Waals surface area contributed by atoms with Crippen molar-refractivity contribution in [2.24, 2.45) is 0 Å². The molecule has 3 nitrogen and oxygen atoms in total. The first-order valence-electron chi connectivity index (χ1n) is 3.18. The maximum Gasteiger partial charge on any atom is 0.0662 e. The van der Waals surface area contributed by atoms with Crippen LogP contribution < -0.4 is 0 Å². The van der Waals surface area contributed by atoms with E-state index >= 15 is 0 Å². The van der Waals surface area contributed by atoms with E-state index in [0.29, 0.717) is 0 Å². The lowest BCUT2D eigenvalue weighted by Crippen LogP contribution is -1.91. The predicted molar refractivity (Wildman–Crippen MR) is 44.5 cm³/mol. The van der Waals surface area contributed by atoms with E-state index in [4.69, 9.17) is 14.9 Å². The first kappa shape index (κ1) is 13.0. The molecule has 10 heavy (non-hydrogen) atoms. The zero-order chi connectivity index (χ0) is 8.24.